The third-order valence-corrected chi connectivity index (χ3v) is 16.7. The smallest absolute Gasteiger partial charge is 0.0900 e. The molecule has 0 amide bonds. The molecular weight excluding hydrogens is 1040 g/mol. The zero-order chi connectivity index (χ0) is 56.9. The minimum atomic E-state index is 0.761. The molecule has 5 heteroatoms. The lowest BCUT2D eigenvalue weighted by molar-refractivity contribution is 1.17. The summed E-state index contributed by atoms with van der Waals surface area (Å²) in [5, 5.41) is 4.81. The van der Waals surface area contributed by atoms with Gasteiger partial charge < -0.3 is 9.13 Å². The maximum atomic E-state index is 5.41. The number of hydrogen-bond donors (Lipinski definition) is 0. The maximum absolute atomic E-state index is 5.41. The molecule has 16 aromatic rings. The zero-order valence-electron chi connectivity index (χ0n) is 46.8. The first-order chi connectivity index (χ1) is 42.6. The monoisotopic (exact) mass is 1100 g/mol. The molecule has 0 aliphatic heterocycles. The number of pyridine rings is 3. The molecule has 0 fully saturated rings. The third kappa shape index (κ3) is 9.21. The topological polar surface area (TPSA) is 48.5 Å². The molecule has 0 saturated heterocycles. The lowest BCUT2D eigenvalue weighted by Gasteiger charge is -2.13. The molecule has 0 atom stereocenters. The summed E-state index contributed by atoms with van der Waals surface area (Å²) in [5.41, 5.74) is 25.1. The van der Waals surface area contributed by atoms with E-state index in [-0.39, 0.29) is 0 Å². The molecule has 11 aromatic carbocycles. The average molecular weight is 1100 g/mol. The van der Waals surface area contributed by atoms with E-state index in [1.165, 1.54) is 66.1 Å². The van der Waals surface area contributed by atoms with Crippen molar-refractivity contribution < 1.29 is 0 Å². The molecule has 16 rings (SSSR count). The second-order valence-electron chi connectivity index (χ2n) is 22.0. The summed E-state index contributed by atoms with van der Waals surface area (Å²) >= 11 is 0. The molecule has 5 heterocycles. The van der Waals surface area contributed by atoms with Gasteiger partial charge in [-0.05, 0) is 165 Å². The number of fused-ring (bicyclic) bond motifs is 6. The van der Waals surface area contributed by atoms with Gasteiger partial charge in [0.15, 0.2) is 0 Å². The summed E-state index contributed by atoms with van der Waals surface area (Å²) in [4.78, 5) is 16.2. The maximum Gasteiger partial charge on any atom is 0.0900 e. The van der Waals surface area contributed by atoms with Gasteiger partial charge in [-0.25, -0.2) is 15.0 Å². The van der Waals surface area contributed by atoms with Crippen LogP contribution >= 0.6 is 0 Å². The van der Waals surface area contributed by atoms with Crippen LogP contribution < -0.4 is 0 Å². The van der Waals surface area contributed by atoms with Gasteiger partial charge in [-0.3, -0.25) is 0 Å². The van der Waals surface area contributed by atoms with Crippen LogP contribution in [0.4, 0.5) is 0 Å². The van der Waals surface area contributed by atoms with Gasteiger partial charge in [0.25, 0.3) is 0 Å². The molecule has 5 nitrogen and oxygen atoms in total. The quantitative estimate of drug-likeness (QED) is 0.130. The number of aromatic nitrogens is 5. The summed E-state index contributed by atoms with van der Waals surface area (Å²) in [6, 6.07) is 115. The van der Waals surface area contributed by atoms with Crippen LogP contribution in [0.15, 0.2) is 322 Å². The van der Waals surface area contributed by atoms with Gasteiger partial charge in [-0.1, -0.05) is 212 Å². The standard InChI is InChI=1S/C81H53N5/c1-6-20-54(21-7-1)59-38-42-78-68(48-59)69-49-60(55-22-8-2-9-23-55)39-43-79(69)85(78)66-32-16-30-63(46-66)72-34-18-36-74(82-72)76-52-65(58-28-14-5-15-29-58)53-77(84-76)75-37-19-35-73(83-75)64-31-17-33-67(47-64)86-80-44-40-61(56-24-10-3-11-25-56)50-70(80)71-51-62(41-45-81(71)86)57-26-12-4-13-27-57/h1-53H. The van der Waals surface area contributed by atoms with E-state index in [4.69, 9.17) is 15.0 Å². The Kier molecular flexibility index (Phi) is 12.5. The molecule has 0 saturated carbocycles. The van der Waals surface area contributed by atoms with E-state index >= 15 is 0 Å². The molecule has 5 aromatic heterocycles. The Balaban J connectivity index is 0.770. The highest BCUT2D eigenvalue weighted by Crippen LogP contribution is 2.41. The predicted octanol–water partition coefficient (Wildman–Crippen LogP) is 21.1. The van der Waals surface area contributed by atoms with Crippen LogP contribution in [0.5, 0.6) is 0 Å². The van der Waals surface area contributed by atoms with Crippen LogP contribution in [0.1, 0.15) is 0 Å². The number of nitrogens with zero attached hydrogens (tertiary/aromatic N) is 5. The van der Waals surface area contributed by atoms with Crippen molar-refractivity contribution in [1.29, 1.82) is 0 Å². The van der Waals surface area contributed by atoms with E-state index in [0.29, 0.717) is 0 Å². The SMILES string of the molecule is c1ccc(-c2cc(-c3cccc(-c4cccc(-n5c6ccc(-c7ccccc7)cc6c6cc(-c7ccccc7)ccc65)c4)n3)nc(-c3cccc(-c4cccc(-n5c6ccc(-c7ccccc7)cc6c6cc(-c7ccccc7)ccc65)c4)n3)c2)cc1. The van der Waals surface area contributed by atoms with Crippen molar-refractivity contribution in [3.63, 3.8) is 0 Å². The highest BCUT2D eigenvalue weighted by Gasteiger charge is 2.20. The largest absolute Gasteiger partial charge is 0.309 e. The van der Waals surface area contributed by atoms with Crippen LogP contribution in [-0.4, -0.2) is 24.1 Å². The van der Waals surface area contributed by atoms with E-state index in [9.17, 15) is 0 Å². The summed E-state index contributed by atoms with van der Waals surface area (Å²) in [5.74, 6) is 0. The number of benzene rings is 11. The first-order valence-corrected chi connectivity index (χ1v) is 29.2. The van der Waals surface area contributed by atoms with Gasteiger partial charge in [0.2, 0.25) is 0 Å². The molecule has 0 spiro atoms. The predicted molar refractivity (Wildman–Crippen MR) is 357 cm³/mol. The molecule has 0 bridgehead atoms. The van der Waals surface area contributed by atoms with Crippen LogP contribution in [0, 0.1) is 0 Å². The van der Waals surface area contributed by atoms with E-state index in [0.717, 1.165) is 89.9 Å². The molecular formula is C81H53N5. The van der Waals surface area contributed by atoms with Crippen molar-refractivity contribution in [2.45, 2.75) is 0 Å². The molecule has 0 N–H and O–H groups in total. The Morgan fingerprint density at radius 3 is 0.756 bits per heavy atom. The first kappa shape index (κ1) is 50.2. The Labute approximate surface area is 498 Å². The minimum absolute atomic E-state index is 0.761. The van der Waals surface area contributed by atoms with Crippen molar-refractivity contribution in [3.05, 3.63) is 322 Å². The Hall–Kier alpha value is -11.5. The summed E-state index contributed by atoms with van der Waals surface area (Å²) in [6.45, 7) is 0. The zero-order valence-corrected chi connectivity index (χ0v) is 46.8. The van der Waals surface area contributed by atoms with Gasteiger partial charge in [0, 0.05) is 44.0 Å². The lowest BCUT2D eigenvalue weighted by atomic mass is 10.0. The van der Waals surface area contributed by atoms with Gasteiger partial charge in [0.05, 0.1) is 56.2 Å². The fourth-order valence-corrected chi connectivity index (χ4v) is 12.5. The molecule has 402 valence electrons. The second-order valence-corrected chi connectivity index (χ2v) is 22.0. The van der Waals surface area contributed by atoms with E-state index in [1.54, 1.807) is 0 Å². The summed E-state index contributed by atoms with van der Waals surface area (Å²) in [7, 11) is 0. The van der Waals surface area contributed by atoms with Gasteiger partial charge >= 0.3 is 0 Å². The van der Waals surface area contributed by atoms with E-state index in [2.05, 4.69) is 331 Å². The van der Waals surface area contributed by atoms with Gasteiger partial charge in [0.1, 0.15) is 0 Å². The van der Waals surface area contributed by atoms with E-state index < -0.39 is 0 Å². The summed E-state index contributed by atoms with van der Waals surface area (Å²) < 4.78 is 4.78. The normalized spacial score (nSPS) is 11.5. The molecule has 0 radical (unpaired) electrons. The molecule has 0 unspecified atom stereocenters. The summed E-state index contributed by atoms with van der Waals surface area (Å²) in [6.07, 6.45) is 0. The fourth-order valence-electron chi connectivity index (χ4n) is 12.5. The molecule has 86 heavy (non-hydrogen) atoms. The van der Waals surface area contributed by atoms with Crippen molar-refractivity contribution in [2.24, 2.45) is 0 Å². The van der Waals surface area contributed by atoms with E-state index in [1.807, 2.05) is 0 Å². The van der Waals surface area contributed by atoms with Crippen LogP contribution in [0.3, 0.4) is 0 Å². The van der Waals surface area contributed by atoms with Crippen LogP contribution in [-0.2, 0) is 0 Å². The van der Waals surface area contributed by atoms with Crippen molar-refractivity contribution >= 4 is 43.6 Å². The first-order valence-electron chi connectivity index (χ1n) is 29.2. The molecule has 0 aliphatic carbocycles. The highest BCUT2D eigenvalue weighted by atomic mass is 15.0. The van der Waals surface area contributed by atoms with Gasteiger partial charge in [-0.2, -0.15) is 0 Å². The second kappa shape index (κ2) is 21.3. The van der Waals surface area contributed by atoms with Crippen LogP contribution in [0.25, 0.3) is 156 Å². The Bertz CT molecular complexity index is 4700. The average Bonchev–Trinajstić information content (AvgIpc) is 2.25. The Morgan fingerprint density at radius 1 is 0.163 bits per heavy atom. The Morgan fingerprint density at radius 2 is 0.430 bits per heavy atom. The third-order valence-electron chi connectivity index (χ3n) is 16.7. The van der Waals surface area contributed by atoms with Crippen LogP contribution in [0.2, 0.25) is 0 Å². The number of hydrogen-bond acceptors (Lipinski definition) is 3. The van der Waals surface area contributed by atoms with Crippen molar-refractivity contribution in [2.75, 3.05) is 0 Å². The minimum Gasteiger partial charge on any atom is -0.309 e. The molecule has 0 aliphatic rings. The number of rotatable bonds is 11. The lowest BCUT2D eigenvalue weighted by Crippen LogP contribution is -1.97. The van der Waals surface area contributed by atoms with Crippen molar-refractivity contribution in [3.8, 4) is 112 Å². The fraction of sp³-hybridized carbons (Fsp3) is 0. The van der Waals surface area contributed by atoms with Crippen molar-refractivity contribution in [1.82, 2.24) is 24.1 Å². The van der Waals surface area contributed by atoms with Gasteiger partial charge in [-0.15, -0.1) is 0 Å². The highest BCUT2D eigenvalue weighted by molar-refractivity contribution is 6.13.